The first kappa shape index (κ1) is 15.1. The number of nitrogens with one attached hydrogen (secondary N) is 1. The lowest BCUT2D eigenvalue weighted by molar-refractivity contribution is 0.0935. The topological polar surface area (TPSA) is 82.2 Å². The van der Waals surface area contributed by atoms with Crippen molar-refractivity contribution in [2.24, 2.45) is 5.73 Å². The van der Waals surface area contributed by atoms with Crippen LogP contribution in [0.25, 0.3) is 0 Å². The molecule has 0 bridgehead atoms. The summed E-state index contributed by atoms with van der Waals surface area (Å²) in [5.41, 5.74) is 6.78. The van der Waals surface area contributed by atoms with E-state index >= 15 is 0 Å². The molecule has 1 aromatic heterocycles. The maximum atomic E-state index is 12.2. The van der Waals surface area contributed by atoms with Gasteiger partial charge in [0.25, 0.3) is 5.91 Å². The first-order valence-electron chi connectivity index (χ1n) is 6.81. The molecule has 6 nitrogen and oxygen atoms in total. The number of rotatable bonds is 6. The van der Waals surface area contributed by atoms with Gasteiger partial charge >= 0.3 is 0 Å². The number of amides is 1. The Balaban J connectivity index is 2.07. The number of hydrogen-bond donors (Lipinski definition) is 2. The van der Waals surface area contributed by atoms with Crippen LogP contribution >= 0.6 is 0 Å². The van der Waals surface area contributed by atoms with Gasteiger partial charge < -0.3 is 20.4 Å². The van der Waals surface area contributed by atoms with Crippen LogP contribution in [0.15, 0.2) is 36.8 Å². The monoisotopic (exact) mass is 288 g/mol. The van der Waals surface area contributed by atoms with Gasteiger partial charge in [0.1, 0.15) is 11.4 Å². The molecule has 1 atom stereocenters. The summed E-state index contributed by atoms with van der Waals surface area (Å²) in [4.78, 5) is 16.3. The van der Waals surface area contributed by atoms with Crippen molar-refractivity contribution in [3.63, 3.8) is 0 Å². The van der Waals surface area contributed by atoms with E-state index in [4.69, 9.17) is 10.5 Å². The normalized spacial score (nSPS) is 12.0. The van der Waals surface area contributed by atoms with Gasteiger partial charge in [-0.3, -0.25) is 4.79 Å². The van der Waals surface area contributed by atoms with Crippen LogP contribution in [-0.2, 0) is 6.54 Å². The van der Waals surface area contributed by atoms with Gasteiger partial charge in [0, 0.05) is 24.8 Å². The number of carbonyl (C=O) groups excluding carboxylic acids is 1. The van der Waals surface area contributed by atoms with Crippen LogP contribution in [0.5, 0.6) is 5.75 Å². The Morgan fingerprint density at radius 2 is 2.24 bits per heavy atom. The number of carbonyl (C=O) groups is 1. The molecule has 0 aliphatic heterocycles. The van der Waals surface area contributed by atoms with Gasteiger partial charge in [-0.2, -0.15) is 0 Å². The van der Waals surface area contributed by atoms with Gasteiger partial charge in [-0.1, -0.05) is 18.2 Å². The fraction of sp³-hybridized carbons (Fsp3) is 0.333. The molecule has 0 aliphatic carbocycles. The SMILES string of the molecule is COc1ccccc1C(C)NC(=O)c1cn(CCN)cn1. The minimum absolute atomic E-state index is 0.173. The van der Waals surface area contributed by atoms with Crippen LogP contribution in [0.2, 0.25) is 0 Å². The molecule has 6 heteroatoms. The van der Waals surface area contributed by atoms with Gasteiger partial charge in [-0.15, -0.1) is 0 Å². The van der Waals surface area contributed by atoms with Crippen LogP contribution in [0, 0.1) is 0 Å². The van der Waals surface area contributed by atoms with E-state index in [1.54, 1.807) is 24.2 Å². The third-order valence-electron chi connectivity index (χ3n) is 3.21. The van der Waals surface area contributed by atoms with Gasteiger partial charge in [0.05, 0.1) is 19.5 Å². The van der Waals surface area contributed by atoms with E-state index in [-0.39, 0.29) is 11.9 Å². The molecule has 0 aliphatic rings. The number of methoxy groups -OCH3 is 1. The number of nitrogens with zero attached hydrogens (tertiary/aromatic N) is 2. The van der Waals surface area contributed by atoms with Crippen LogP contribution in [0.3, 0.4) is 0 Å². The first-order chi connectivity index (χ1) is 10.2. The van der Waals surface area contributed by atoms with Crippen molar-refractivity contribution in [3.05, 3.63) is 48.0 Å². The van der Waals surface area contributed by atoms with Crippen molar-refractivity contribution in [1.29, 1.82) is 0 Å². The fourth-order valence-electron chi connectivity index (χ4n) is 2.12. The molecular formula is C15H20N4O2. The Bertz CT molecular complexity index is 609. The van der Waals surface area contributed by atoms with E-state index in [9.17, 15) is 4.79 Å². The van der Waals surface area contributed by atoms with Crippen molar-refractivity contribution in [3.8, 4) is 5.75 Å². The second-order valence-electron chi connectivity index (χ2n) is 4.72. The number of hydrogen-bond acceptors (Lipinski definition) is 4. The fourth-order valence-corrected chi connectivity index (χ4v) is 2.12. The third kappa shape index (κ3) is 3.61. The molecule has 0 fully saturated rings. The molecule has 0 radical (unpaired) electrons. The van der Waals surface area contributed by atoms with Crippen molar-refractivity contribution >= 4 is 5.91 Å². The largest absolute Gasteiger partial charge is 0.496 e. The Morgan fingerprint density at radius 1 is 1.48 bits per heavy atom. The highest BCUT2D eigenvalue weighted by Gasteiger charge is 2.16. The molecule has 1 aromatic carbocycles. The second kappa shape index (κ2) is 6.90. The summed E-state index contributed by atoms with van der Waals surface area (Å²) in [7, 11) is 1.61. The zero-order chi connectivity index (χ0) is 15.2. The number of nitrogens with two attached hydrogens (primary N) is 1. The molecule has 0 saturated carbocycles. The van der Waals surface area contributed by atoms with E-state index in [1.807, 2.05) is 31.2 Å². The molecule has 1 heterocycles. The summed E-state index contributed by atoms with van der Waals surface area (Å²) in [6.07, 6.45) is 3.30. The van der Waals surface area contributed by atoms with Crippen LogP contribution in [0.1, 0.15) is 29.0 Å². The highest BCUT2D eigenvalue weighted by molar-refractivity contribution is 5.92. The van der Waals surface area contributed by atoms with Gasteiger partial charge in [-0.05, 0) is 13.0 Å². The Labute approximate surface area is 123 Å². The maximum absolute atomic E-state index is 12.2. The maximum Gasteiger partial charge on any atom is 0.271 e. The average molecular weight is 288 g/mol. The first-order valence-corrected chi connectivity index (χ1v) is 6.81. The van der Waals surface area contributed by atoms with Crippen molar-refractivity contribution in [2.75, 3.05) is 13.7 Å². The highest BCUT2D eigenvalue weighted by Crippen LogP contribution is 2.24. The average Bonchev–Trinajstić information content (AvgIpc) is 2.96. The smallest absolute Gasteiger partial charge is 0.271 e. The summed E-state index contributed by atoms with van der Waals surface area (Å²) < 4.78 is 7.10. The van der Waals surface area contributed by atoms with Crippen molar-refractivity contribution in [1.82, 2.24) is 14.9 Å². The summed E-state index contributed by atoms with van der Waals surface area (Å²) in [5.74, 6) is 0.531. The third-order valence-corrected chi connectivity index (χ3v) is 3.21. The molecule has 1 unspecified atom stereocenters. The Morgan fingerprint density at radius 3 is 2.95 bits per heavy atom. The molecule has 2 aromatic rings. The molecule has 3 N–H and O–H groups in total. The zero-order valence-corrected chi connectivity index (χ0v) is 12.2. The number of ether oxygens (including phenoxy) is 1. The molecule has 0 spiro atoms. The molecular weight excluding hydrogens is 268 g/mol. The summed E-state index contributed by atoms with van der Waals surface area (Å²) in [6, 6.07) is 7.43. The van der Waals surface area contributed by atoms with Gasteiger partial charge in [0.2, 0.25) is 0 Å². The minimum Gasteiger partial charge on any atom is -0.496 e. The zero-order valence-electron chi connectivity index (χ0n) is 12.2. The van der Waals surface area contributed by atoms with Gasteiger partial charge in [0.15, 0.2) is 0 Å². The highest BCUT2D eigenvalue weighted by atomic mass is 16.5. The van der Waals surface area contributed by atoms with Crippen molar-refractivity contribution < 1.29 is 9.53 Å². The number of benzene rings is 1. The number of imidazole rings is 1. The molecule has 2 rings (SSSR count). The lowest BCUT2D eigenvalue weighted by Gasteiger charge is -2.16. The molecule has 21 heavy (non-hydrogen) atoms. The minimum atomic E-state index is -0.218. The molecule has 112 valence electrons. The van der Waals surface area contributed by atoms with E-state index < -0.39 is 0 Å². The lowest BCUT2D eigenvalue weighted by atomic mass is 10.1. The summed E-state index contributed by atoms with van der Waals surface area (Å²) in [6.45, 7) is 3.06. The van der Waals surface area contributed by atoms with E-state index in [2.05, 4.69) is 10.3 Å². The summed E-state index contributed by atoms with van der Waals surface area (Å²) in [5, 5.41) is 2.92. The van der Waals surface area contributed by atoms with E-state index in [1.165, 1.54) is 0 Å². The Hall–Kier alpha value is -2.34. The Kier molecular flexibility index (Phi) is 4.94. The predicted molar refractivity (Wildman–Crippen MR) is 80.2 cm³/mol. The van der Waals surface area contributed by atoms with E-state index in [0.29, 0.717) is 18.8 Å². The predicted octanol–water partition coefficient (Wildman–Crippen LogP) is 1.34. The standard InChI is InChI=1S/C15H20N4O2/c1-11(12-5-3-4-6-14(12)21-2)18-15(20)13-9-19(8-7-16)10-17-13/h3-6,9-11H,7-8,16H2,1-2H3,(H,18,20). The second-order valence-corrected chi connectivity index (χ2v) is 4.72. The molecule has 0 saturated heterocycles. The van der Waals surface area contributed by atoms with Crippen LogP contribution in [0.4, 0.5) is 0 Å². The molecule has 1 amide bonds. The van der Waals surface area contributed by atoms with Crippen LogP contribution < -0.4 is 15.8 Å². The van der Waals surface area contributed by atoms with E-state index in [0.717, 1.165) is 11.3 Å². The van der Waals surface area contributed by atoms with Gasteiger partial charge in [-0.25, -0.2) is 4.98 Å². The number of aromatic nitrogens is 2. The summed E-state index contributed by atoms with van der Waals surface area (Å²) >= 11 is 0. The van der Waals surface area contributed by atoms with Crippen molar-refractivity contribution in [2.45, 2.75) is 19.5 Å². The quantitative estimate of drug-likeness (QED) is 0.840. The number of para-hydroxylation sites is 1. The lowest BCUT2D eigenvalue weighted by Crippen LogP contribution is -2.27. The van der Waals surface area contributed by atoms with Crippen LogP contribution in [-0.4, -0.2) is 29.1 Å².